The molecule has 4 aromatic rings. The number of nitrogens with zero attached hydrogens (tertiary/aromatic N) is 2. The van der Waals surface area contributed by atoms with Gasteiger partial charge in [-0.05, 0) is 35.9 Å². The Labute approximate surface area is 241 Å². The summed E-state index contributed by atoms with van der Waals surface area (Å²) in [5.41, 5.74) is 3.56. The van der Waals surface area contributed by atoms with Crippen molar-refractivity contribution in [2.24, 2.45) is 0 Å². The molecule has 10 nitrogen and oxygen atoms in total. The smallest absolute Gasteiger partial charge is 0.274 e. The molecule has 2 fully saturated rings. The summed E-state index contributed by atoms with van der Waals surface area (Å²) in [4.78, 5) is 36.8. The molecule has 3 aliphatic heterocycles. The van der Waals surface area contributed by atoms with Crippen LogP contribution in [0.25, 0.3) is 21.8 Å². The van der Waals surface area contributed by atoms with Crippen molar-refractivity contribution in [2.75, 3.05) is 56.8 Å². The topological polar surface area (TPSA) is 120 Å². The maximum atomic E-state index is 13.9. The molecular weight excluding hydrogens is 548 g/mol. The fraction of sp³-hybridized carbons (Fsp3) is 0.400. The maximum absolute atomic E-state index is 13.9. The molecule has 2 aromatic carbocycles. The lowest BCUT2D eigenvalue weighted by Crippen LogP contribution is -2.40. The van der Waals surface area contributed by atoms with Gasteiger partial charge >= 0.3 is 0 Å². The number of morpholine rings is 1. The van der Waals surface area contributed by atoms with Gasteiger partial charge in [-0.15, -0.1) is 11.6 Å². The Morgan fingerprint density at radius 2 is 1.73 bits per heavy atom. The van der Waals surface area contributed by atoms with E-state index < -0.39 is 0 Å². The summed E-state index contributed by atoms with van der Waals surface area (Å²) >= 11 is 6.42. The van der Waals surface area contributed by atoms with Crippen LogP contribution in [0.5, 0.6) is 11.5 Å². The van der Waals surface area contributed by atoms with Gasteiger partial charge in [0.15, 0.2) is 0 Å². The van der Waals surface area contributed by atoms with E-state index in [0.29, 0.717) is 74.0 Å². The largest absolute Gasteiger partial charge is 0.506 e. The van der Waals surface area contributed by atoms with Crippen molar-refractivity contribution >= 4 is 50.9 Å². The quantitative estimate of drug-likeness (QED) is 0.303. The number of ether oxygens (including phenoxy) is 3. The molecule has 0 aliphatic carbocycles. The van der Waals surface area contributed by atoms with E-state index in [0.717, 1.165) is 35.1 Å². The number of anilines is 1. The molecule has 214 valence electrons. The van der Waals surface area contributed by atoms with Crippen LogP contribution in [0.1, 0.15) is 45.3 Å². The highest BCUT2D eigenvalue weighted by Gasteiger charge is 2.36. The summed E-state index contributed by atoms with van der Waals surface area (Å²) in [5.74, 6) is 0.487. The third-order valence-corrected chi connectivity index (χ3v) is 8.64. The van der Waals surface area contributed by atoms with Gasteiger partial charge < -0.3 is 39.1 Å². The first-order valence-electron chi connectivity index (χ1n) is 14.0. The number of nitrogens with one attached hydrogen (secondary N) is 2. The summed E-state index contributed by atoms with van der Waals surface area (Å²) in [7, 11) is 0. The lowest BCUT2D eigenvalue weighted by molar-refractivity contribution is 0.0256. The fourth-order valence-electron chi connectivity index (χ4n) is 6.15. The molecule has 0 saturated carbocycles. The van der Waals surface area contributed by atoms with Gasteiger partial charge in [-0.3, -0.25) is 9.59 Å². The number of H-pyrrole nitrogens is 2. The maximum Gasteiger partial charge on any atom is 0.274 e. The number of carbonyl (C=O) groups excluding carboxylic acids is 2. The van der Waals surface area contributed by atoms with Crippen molar-refractivity contribution in [1.82, 2.24) is 14.9 Å². The van der Waals surface area contributed by atoms with Crippen molar-refractivity contribution in [3.8, 4) is 11.5 Å². The molecule has 2 aromatic heterocycles. The van der Waals surface area contributed by atoms with Gasteiger partial charge in [0, 0.05) is 66.6 Å². The minimum absolute atomic E-state index is 0.0284. The van der Waals surface area contributed by atoms with Gasteiger partial charge in [0.25, 0.3) is 11.8 Å². The molecule has 0 radical (unpaired) electrons. The molecule has 11 heteroatoms. The summed E-state index contributed by atoms with van der Waals surface area (Å²) < 4.78 is 16.9. The van der Waals surface area contributed by atoms with Gasteiger partial charge in [-0.25, -0.2) is 0 Å². The van der Waals surface area contributed by atoms with E-state index in [1.165, 1.54) is 0 Å². The van der Waals surface area contributed by atoms with E-state index in [-0.39, 0.29) is 35.5 Å². The second-order valence-electron chi connectivity index (χ2n) is 10.8. The van der Waals surface area contributed by atoms with Gasteiger partial charge in [0.05, 0.1) is 37.6 Å². The Hall–Kier alpha value is -3.73. The number of phenolic OH excluding ortho intramolecular Hbond substituents is 1. The fourth-order valence-corrected chi connectivity index (χ4v) is 6.40. The van der Waals surface area contributed by atoms with Crippen LogP contribution < -0.4 is 9.64 Å². The minimum Gasteiger partial charge on any atom is -0.506 e. The zero-order valence-electron chi connectivity index (χ0n) is 22.5. The average molecular weight is 579 g/mol. The van der Waals surface area contributed by atoms with E-state index in [2.05, 4.69) is 9.97 Å². The average Bonchev–Trinajstić information content (AvgIpc) is 3.72. The summed E-state index contributed by atoms with van der Waals surface area (Å²) in [6.07, 6.45) is 1.84. The molecule has 3 aliphatic rings. The first-order chi connectivity index (χ1) is 20.0. The molecule has 2 amide bonds. The molecule has 41 heavy (non-hydrogen) atoms. The molecule has 2 saturated heterocycles. The number of fused-ring (bicyclic) bond motifs is 4. The van der Waals surface area contributed by atoms with E-state index in [1.807, 2.05) is 24.3 Å². The number of alkyl halides is 1. The normalized spacial score (nSPS) is 19.7. The standard InChI is InChI=1S/C30H31ClN4O6/c31-15-18-16-35(30(38)23-12-17-11-20(1-2-22(17)32-23)41-19-3-7-39-8-4-19)25-14-26(36)28-21(27(18)25)13-24(33-28)29(37)34-5-9-40-10-6-34/h1-2,11-14,18-19,32-33,36H,3-10,15-16H2/t18-/m1/s1. The summed E-state index contributed by atoms with van der Waals surface area (Å²) in [6.45, 7) is 3.78. The van der Waals surface area contributed by atoms with E-state index in [9.17, 15) is 14.7 Å². The second kappa shape index (κ2) is 10.6. The third kappa shape index (κ3) is 4.69. The van der Waals surface area contributed by atoms with Crippen molar-refractivity contribution in [1.29, 1.82) is 0 Å². The first kappa shape index (κ1) is 26.2. The number of aromatic amines is 2. The number of phenols is 1. The number of aromatic nitrogens is 2. The van der Waals surface area contributed by atoms with Crippen LogP contribution in [0.4, 0.5) is 5.69 Å². The Balaban J connectivity index is 1.20. The molecule has 5 heterocycles. The molecule has 3 N–H and O–H groups in total. The highest BCUT2D eigenvalue weighted by molar-refractivity contribution is 6.19. The SMILES string of the molecule is O=C(c1cc2c3c(cc(O)c2[nH]1)N(C(=O)c1cc2cc(OC4CCOCC4)ccc2[nH]1)C[C@H]3CCl)N1CCOCC1. The number of hydrogen-bond acceptors (Lipinski definition) is 6. The van der Waals surface area contributed by atoms with E-state index in [1.54, 1.807) is 21.9 Å². The van der Waals surface area contributed by atoms with Crippen LogP contribution in [-0.2, 0) is 9.47 Å². The monoisotopic (exact) mass is 578 g/mol. The van der Waals surface area contributed by atoms with Gasteiger partial charge in [0.1, 0.15) is 29.0 Å². The first-order valence-corrected chi connectivity index (χ1v) is 14.5. The van der Waals surface area contributed by atoms with Crippen LogP contribution in [0.3, 0.4) is 0 Å². The van der Waals surface area contributed by atoms with Crippen molar-refractivity contribution in [3.63, 3.8) is 0 Å². The predicted octanol–water partition coefficient (Wildman–Crippen LogP) is 4.37. The van der Waals surface area contributed by atoms with E-state index >= 15 is 0 Å². The summed E-state index contributed by atoms with van der Waals surface area (Å²) in [6, 6.07) is 11.0. The van der Waals surface area contributed by atoms with Gasteiger partial charge in [0.2, 0.25) is 0 Å². The van der Waals surface area contributed by atoms with Crippen molar-refractivity contribution < 1.29 is 28.9 Å². The zero-order chi connectivity index (χ0) is 28.1. The number of halogens is 1. The van der Waals surface area contributed by atoms with E-state index in [4.69, 9.17) is 25.8 Å². The number of amides is 2. The Morgan fingerprint density at radius 1 is 0.976 bits per heavy atom. The Kier molecular flexibility index (Phi) is 6.76. The lowest BCUT2D eigenvalue weighted by atomic mass is 9.98. The lowest BCUT2D eigenvalue weighted by Gasteiger charge is -2.26. The Bertz CT molecular complexity index is 1630. The molecule has 1 atom stereocenters. The number of hydrogen-bond donors (Lipinski definition) is 3. The van der Waals surface area contributed by atoms with Crippen molar-refractivity contribution in [3.05, 3.63) is 53.3 Å². The molecular formula is C30H31ClN4O6. The minimum atomic E-state index is -0.221. The third-order valence-electron chi connectivity index (χ3n) is 8.27. The molecule has 0 spiro atoms. The van der Waals surface area contributed by atoms with Gasteiger partial charge in [-0.1, -0.05) is 0 Å². The van der Waals surface area contributed by atoms with Crippen LogP contribution in [-0.4, -0.2) is 89.8 Å². The Morgan fingerprint density at radius 3 is 2.51 bits per heavy atom. The number of carbonyl (C=O) groups is 2. The van der Waals surface area contributed by atoms with Crippen LogP contribution in [0, 0.1) is 0 Å². The highest BCUT2D eigenvalue weighted by atomic mass is 35.5. The number of rotatable bonds is 5. The van der Waals surface area contributed by atoms with Gasteiger partial charge in [-0.2, -0.15) is 0 Å². The van der Waals surface area contributed by atoms with Crippen molar-refractivity contribution in [2.45, 2.75) is 24.9 Å². The summed E-state index contributed by atoms with van der Waals surface area (Å²) in [5, 5.41) is 12.5. The molecule has 7 rings (SSSR count). The highest BCUT2D eigenvalue weighted by Crippen LogP contribution is 2.46. The number of benzene rings is 2. The zero-order valence-corrected chi connectivity index (χ0v) is 23.2. The second-order valence-corrected chi connectivity index (χ2v) is 11.1. The molecule has 0 bridgehead atoms. The van der Waals surface area contributed by atoms with Crippen LogP contribution >= 0.6 is 11.6 Å². The number of aromatic hydroxyl groups is 1. The predicted molar refractivity (Wildman–Crippen MR) is 155 cm³/mol. The van der Waals surface area contributed by atoms with Crippen LogP contribution in [0.2, 0.25) is 0 Å². The van der Waals surface area contributed by atoms with Crippen LogP contribution in [0.15, 0.2) is 36.4 Å². The molecule has 0 unspecified atom stereocenters.